The number of nitrogens with two attached hydrogens (primary N) is 1. The topological polar surface area (TPSA) is 84.2 Å². The van der Waals surface area contributed by atoms with E-state index in [1.54, 1.807) is 0 Å². The molecule has 1 saturated carbocycles. The van der Waals surface area contributed by atoms with Crippen LogP contribution in [0.2, 0.25) is 0 Å². The maximum atomic E-state index is 12.2. The van der Waals surface area contributed by atoms with Gasteiger partial charge in [-0.1, -0.05) is 31.4 Å². The molecule has 1 aliphatic carbocycles. The van der Waals surface area contributed by atoms with Crippen LogP contribution in [-0.4, -0.2) is 18.4 Å². The minimum Gasteiger partial charge on any atom is -0.352 e. The lowest BCUT2D eigenvalue weighted by Crippen LogP contribution is -2.26. The van der Waals surface area contributed by atoms with Gasteiger partial charge in [0.25, 0.3) is 0 Å². The number of carbonyl (C=O) groups is 2. The Morgan fingerprint density at radius 3 is 2.68 bits per heavy atom. The van der Waals surface area contributed by atoms with Crippen molar-refractivity contribution in [3.05, 3.63) is 29.8 Å². The molecule has 2 amide bonds. The molecule has 0 atom stereocenters. The molecular formula is C17H25N3O2. The molecule has 0 aliphatic heterocycles. The molecule has 0 spiro atoms. The lowest BCUT2D eigenvalue weighted by molar-refractivity contribution is -0.121. The average molecular weight is 303 g/mol. The first-order chi connectivity index (χ1) is 10.7. The molecule has 0 bridgehead atoms. The zero-order valence-electron chi connectivity index (χ0n) is 12.9. The smallest absolute Gasteiger partial charge is 0.227 e. The first kappa shape index (κ1) is 16.5. The molecule has 0 heterocycles. The number of anilines is 1. The molecule has 1 aromatic rings. The molecule has 0 saturated heterocycles. The molecule has 0 radical (unpaired) electrons. The Bertz CT molecular complexity index is 510. The molecule has 22 heavy (non-hydrogen) atoms. The van der Waals surface area contributed by atoms with Gasteiger partial charge in [-0.15, -0.1) is 0 Å². The van der Waals surface area contributed by atoms with Crippen molar-refractivity contribution in [2.45, 2.75) is 45.1 Å². The van der Waals surface area contributed by atoms with Crippen LogP contribution in [0.3, 0.4) is 0 Å². The van der Waals surface area contributed by atoms with E-state index in [1.807, 2.05) is 24.3 Å². The van der Waals surface area contributed by atoms with E-state index >= 15 is 0 Å². The third-order valence-electron chi connectivity index (χ3n) is 4.03. The summed E-state index contributed by atoms with van der Waals surface area (Å²) >= 11 is 0. The predicted molar refractivity (Wildman–Crippen MR) is 87.2 cm³/mol. The summed E-state index contributed by atoms with van der Waals surface area (Å²) in [6.07, 6.45) is 5.83. The number of hydrogen-bond donors (Lipinski definition) is 3. The largest absolute Gasteiger partial charge is 0.352 e. The van der Waals surface area contributed by atoms with Crippen molar-refractivity contribution in [3.63, 3.8) is 0 Å². The van der Waals surface area contributed by atoms with E-state index in [-0.39, 0.29) is 17.7 Å². The summed E-state index contributed by atoms with van der Waals surface area (Å²) in [7, 11) is 0. The van der Waals surface area contributed by atoms with E-state index in [4.69, 9.17) is 5.73 Å². The summed E-state index contributed by atoms with van der Waals surface area (Å²) in [5.41, 5.74) is 7.10. The monoisotopic (exact) mass is 303 g/mol. The Morgan fingerprint density at radius 1 is 1.18 bits per heavy atom. The maximum Gasteiger partial charge on any atom is 0.227 e. The van der Waals surface area contributed by atoms with Gasteiger partial charge in [-0.05, 0) is 30.5 Å². The highest BCUT2D eigenvalue weighted by atomic mass is 16.2. The molecule has 1 fully saturated rings. The Hall–Kier alpha value is -1.88. The highest BCUT2D eigenvalue weighted by Gasteiger charge is 2.20. The second kappa shape index (κ2) is 8.54. The summed E-state index contributed by atoms with van der Waals surface area (Å²) < 4.78 is 0. The number of rotatable bonds is 6. The molecule has 5 nitrogen and oxygen atoms in total. The van der Waals surface area contributed by atoms with E-state index in [1.165, 1.54) is 6.42 Å². The van der Waals surface area contributed by atoms with Crippen molar-refractivity contribution in [1.29, 1.82) is 0 Å². The van der Waals surface area contributed by atoms with Crippen LogP contribution in [0.1, 0.15) is 44.1 Å². The zero-order valence-corrected chi connectivity index (χ0v) is 12.9. The van der Waals surface area contributed by atoms with Crippen molar-refractivity contribution in [2.75, 3.05) is 11.9 Å². The second-order valence-electron chi connectivity index (χ2n) is 5.84. The van der Waals surface area contributed by atoms with Crippen LogP contribution in [0, 0.1) is 5.92 Å². The quantitative estimate of drug-likeness (QED) is 0.753. The van der Waals surface area contributed by atoms with Gasteiger partial charge in [0.05, 0.1) is 0 Å². The van der Waals surface area contributed by atoms with Crippen LogP contribution in [0.4, 0.5) is 5.69 Å². The Balaban J connectivity index is 1.87. The number of amides is 2. The normalized spacial score (nSPS) is 15.3. The Kier molecular flexibility index (Phi) is 6.40. The molecular weight excluding hydrogens is 278 g/mol. The van der Waals surface area contributed by atoms with Crippen molar-refractivity contribution in [1.82, 2.24) is 5.32 Å². The number of benzene rings is 1. The van der Waals surface area contributed by atoms with Crippen molar-refractivity contribution >= 4 is 17.5 Å². The third-order valence-corrected chi connectivity index (χ3v) is 4.03. The molecule has 1 aromatic carbocycles. The van der Waals surface area contributed by atoms with Gasteiger partial charge in [-0.3, -0.25) is 9.59 Å². The summed E-state index contributed by atoms with van der Waals surface area (Å²) in [6, 6.07) is 7.61. The van der Waals surface area contributed by atoms with Gasteiger partial charge in [0.1, 0.15) is 0 Å². The summed E-state index contributed by atoms with van der Waals surface area (Å²) in [5, 5.41) is 5.81. The molecule has 2 rings (SSSR count). The first-order valence-electron chi connectivity index (χ1n) is 8.05. The molecule has 120 valence electrons. The molecule has 1 aliphatic rings. The van der Waals surface area contributed by atoms with Crippen LogP contribution in [0.25, 0.3) is 0 Å². The first-order valence-corrected chi connectivity index (χ1v) is 8.05. The van der Waals surface area contributed by atoms with E-state index in [9.17, 15) is 9.59 Å². The van der Waals surface area contributed by atoms with Gasteiger partial charge in [0.2, 0.25) is 11.8 Å². The van der Waals surface area contributed by atoms with Gasteiger partial charge < -0.3 is 16.4 Å². The van der Waals surface area contributed by atoms with Crippen molar-refractivity contribution in [2.24, 2.45) is 11.7 Å². The van der Waals surface area contributed by atoms with Gasteiger partial charge in [0.15, 0.2) is 0 Å². The number of nitrogens with one attached hydrogen (secondary N) is 2. The van der Waals surface area contributed by atoms with Crippen LogP contribution in [-0.2, 0) is 16.1 Å². The van der Waals surface area contributed by atoms with Crippen molar-refractivity contribution < 1.29 is 9.59 Å². The van der Waals surface area contributed by atoms with Crippen LogP contribution < -0.4 is 16.4 Å². The molecule has 0 unspecified atom stereocenters. The molecule has 0 aromatic heterocycles. The van der Waals surface area contributed by atoms with Gasteiger partial charge >= 0.3 is 0 Å². The highest BCUT2D eigenvalue weighted by molar-refractivity contribution is 5.92. The maximum absolute atomic E-state index is 12.2. The fraction of sp³-hybridized carbons (Fsp3) is 0.529. The van der Waals surface area contributed by atoms with E-state index in [2.05, 4.69) is 10.6 Å². The summed E-state index contributed by atoms with van der Waals surface area (Å²) in [4.78, 5) is 23.7. The van der Waals surface area contributed by atoms with Crippen molar-refractivity contribution in [3.8, 4) is 0 Å². The van der Waals surface area contributed by atoms with Crippen LogP contribution >= 0.6 is 0 Å². The van der Waals surface area contributed by atoms with E-state index < -0.39 is 0 Å². The predicted octanol–water partition coefficient (Wildman–Crippen LogP) is 2.17. The van der Waals surface area contributed by atoms with E-state index in [0.717, 1.165) is 36.9 Å². The van der Waals surface area contributed by atoms with Crippen LogP contribution in [0.15, 0.2) is 24.3 Å². The minimum atomic E-state index is -0.0563. The minimum absolute atomic E-state index is 0.0563. The van der Waals surface area contributed by atoms with Crippen LogP contribution in [0.5, 0.6) is 0 Å². The van der Waals surface area contributed by atoms with Gasteiger partial charge in [0, 0.05) is 31.1 Å². The fourth-order valence-corrected chi connectivity index (χ4v) is 2.79. The standard InChI is InChI=1S/C17H25N3O2/c18-10-9-16(21)19-12-13-5-4-8-15(11-13)20-17(22)14-6-2-1-3-7-14/h4-5,8,11,14H,1-3,6-7,9-10,12,18H2,(H,19,21)(H,20,22). The molecule has 5 heteroatoms. The van der Waals surface area contributed by atoms with Gasteiger partial charge in [-0.25, -0.2) is 0 Å². The number of hydrogen-bond acceptors (Lipinski definition) is 3. The lowest BCUT2D eigenvalue weighted by Gasteiger charge is -2.20. The summed E-state index contributed by atoms with van der Waals surface area (Å²) in [5.74, 6) is 0.199. The average Bonchev–Trinajstić information content (AvgIpc) is 2.54. The number of carbonyl (C=O) groups excluding carboxylic acids is 2. The Morgan fingerprint density at radius 2 is 1.95 bits per heavy atom. The fourth-order valence-electron chi connectivity index (χ4n) is 2.79. The Labute approximate surface area is 131 Å². The zero-order chi connectivity index (χ0) is 15.8. The molecule has 4 N–H and O–H groups in total. The van der Waals surface area contributed by atoms with E-state index in [0.29, 0.717) is 19.5 Å². The summed E-state index contributed by atoms with van der Waals surface area (Å²) in [6.45, 7) is 0.801. The van der Waals surface area contributed by atoms with Gasteiger partial charge in [-0.2, -0.15) is 0 Å². The SMILES string of the molecule is NCCC(=O)NCc1cccc(NC(=O)C2CCCCC2)c1. The lowest BCUT2D eigenvalue weighted by atomic mass is 9.88. The second-order valence-corrected chi connectivity index (χ2v) is 5.84. The highest BCUT2D eigenvalue weighted by Crippen LogP contribution is 2.25. The third kappa shape index (κ3) is 5.15.